The van der Waals surface area contributed by atoms with Crippen LogP contribution in [-0.4, -0.2) is 48.6 Å². The molecule has 0 aromatic rings. The average molecular weight is 256 g/mol. The van der Waals surface area contributed by atoms with E-state index in [2.05, 4.69) is 30.4 Å². The third-order valence-electron chi connectivity index (χ3n) is 4.55. The third kappa shape index (κ3) is 3.62. The van der Waals surface area contributed by atoms with Gasteiger partial charge in [-0.1, -0.05) is 6.92 Å². The van der Waals surface area contributed by atoms with Crippen LogP contribution in [0.2, 0.25) is 0 Å². The predicted octanol–water partition coefficient (Wildman–Crippen LogP) is 2.59. The molecule has 100 valence electrons. The summed E-state index contributed by atoms with van der Waals surface area (Å²) in [6.45, 7) is 3.59. The fourth-order valence-corrected chi connectivity index (χ4v) is 3.77. The van der Waals surface area contributed by atoms with E-state index >= 15 is 0 Å². The maximum atomic E-state index is 3.70. The quantitative estimate of drug-likeness (QED) is 0.718. The molecule has 0 aromatic heterocycles. The Morgan fingerprint density at radius 3 is 2.53 bits per heavy atom. The zero-order valence-corrected chi connectivity index (χ0v) is 12.4. The lowest BCUT2D eigenvalue weighted by molar-refractivity contribution is 0.0554. The van der Waals surface area contributed by atoms with Crippen molar-refractivity contribution in [3.63, 3.8) is 0 Å². The van der Waals surface area contributed by atoms with Gasteiger partial charge in [-0.15, -0.1) is 0 Å². The maximum absolute atomic E-state index is 3.70. The second kappa shape index (κ2) is 6.44. The summed E-state index contributed by atoms with van der Waals surface area (Å²) in [5.74, 6) is 2.20. The largest absolute Gasteiger partial charge is 0.314 e. The molecule has 2 fully saturated rings. The minimum absolute atomic E-state index is 0.777. The van der Waals surface area contributed by atoms with Crippen LogP contribution in [0.25, 0.3) is 0 Å². The van der Waals surface area contributed by atoms with E-state index in [0.717, 1.165) is 24.0 Å². The van der Waals surface area contributed by atoms with Gasteiger partial charge in [-0.05, 0) is 57.9 Å². The normalized spacial score (nSPS) is 30.4. The highest BCUT2D eigenvalue weighted by Gasteiger charge is 2.36. The second-order valence-corrected chi connectivity index (χ2v) is 6.68. The first-order valence-electron chi connectivity index (χ1n) is 7.20. The van der Waals surface area contributed by atoms with E-state index in [1.807, 2.05) is 11.8 Å². The lowest BCUT2D eigenvalue weighted by Gasteiger charge is -2.46. The molecular formula is C14H28N2S. The van der Waals surface area contributed by atoms with Crippen molar-refractivity contribution in [2.45, 2.75) is 57.2 Å². The molecule has 2 saturated carbocycles. The van der Waals surface area contributed by atoms with E-state index in [-0.39, 0.29) is 0 Å². The molecule has 1 N–H and O–H groups in total. The van der Waals surface area contributed by atoms with Gasteiger partial charge in [0.1, 0.15) is 0 Å². The lowest BCUT2D eigenvalue weighted by atomic mass is 9.78. The molecular weight excluding hydrogens is 228 g/mol. The van der Waals surface area contributed by atoms with E-state index in [4.69, 9.17) is 0 Å². The van der Waals surface area contributed by atoms with Crippen LogP contribution in [-0.2, 0) is 0 Å². The van der Waals surface area contributed by atoms with E-state index in [1.54, 1.807) is 0 Å². The molecule has 0 bridgehead atoms. The lowest BCUT2D eigenvalue weighted by Crippen LogP contribution is -2.53. The summed E-state index contributed by atoms with van der Waals surface area (Å²) in [6, 6.07) is 2.49. The smallest absolute Gasteiger partial charge is 0.0183 e. The Balaban J connectivity index is 1.74. The first kappa shape index (κ1) is 13.7. The minimum Gasteiger partial charge on any atom is -0.314 e. The molecule has 3 atom stereocenters. The molecule has 0 radical (unpaired) electrons. The van der Waals surface area contributed by atoms with Gasteiger partial charge in [-0.25, -0.2) is 0 Å². The summed E-state index contributed by atoms with van der Waals surface area (Å²) in [7, 11) is 2.35. The zero-order valence-electron chi connectivity index (χ0n) is 11.6. The number of rotatable bonds is 8. The van der Waals surface area contributed by atoms with E-state index in [1.165, 1.54) is 44.4 Å². The molecule has 0 amide bonds. The fourth-order valence-electron chi connectivity index (χ4n) is 2.92. The SMILES string of the molecule is CCC(CSC)N(C)C1CCC1CNC1CC1. The van der Waals surface area contributed by atoms with Gasteiger partial charge in [0.15, 0.2) is 0 Å². The fraction of sp³-hybridized carbons (Fsp3) is 1.00. The third-order valence-corrected chi connectivity index (χ3v) is 5.27. The molecule has 0 aliphatic heterocycles. The highest BCUT2D eigenvalue weighted by Crippen LogP contribution is 2.33. The topological polar surface area (TPSA) is 15.3 Å². The number of nitrogens with one attached hydrogen (secondary N) is 1. The molecule has 2 rings (SSSR count). The summed E-state index contributed by atoms with van der Waals surface area (Å²) in [5.41, 5.74) is 0. The highest BCUT2D eigenvalue weighted by atomic mass is 32.2. The monoisotopic (exact) mass is 256 g/mol. The van der Waals surface area contributed by atoms with Crippen LogP contribution in [0.3, 0.4) is 0 Å². The van der Waals surface area contributed by atoms with Crippen molar-refractivity contribution < 1.29 is 0 Å². The molecule has 0 heterocycles. The maximum Gasteiger partial charge on any atom is 0.0183 e. The van der Waals surface area contributed by atoms with Gasteiger partial charge in [0.25, 0.3) is 0 Å². The number of hydrogen-bond acceptors (Lipinski definition) is 3. The Kier molecular flexibility index (Phi) is 5.19. The summed E-state index contributed by atoms with van der Waals surface area (Å²) in [4.78, 5) is 2.67. The first-order chi connectivity index (χ1) is 8.26. The van der Waals surface area contributed by atoms with Crippen molar-refractivity contribution in [1.29, 1.82) is 0 Å². The Bertz CT molecular complexity index is 230. The van der Waals surface area contributed by atoms with E-state index in [0.29, 0.717) is 0 Å². The molecule has 3 unspecified atom stereocenters. The molecule has 17 heavy (non-hydrogen) atoms. The van der Waals surface area contributed by atoms with Gasteiger partial charge in [-0.2, -0.15) is 11.8 Å². The van der Waals surface area contributed by atoms with E-state index in [9.17, 15) is 0 Å². The molecule has 2 nitrogen and oxygen atoms in total. The van der Waals surface area contributed by atoms with Crippen molar-refractivity contribution in [1.82, 2.24) is 10.2 Å². The number of thioether (sulfide) groups is 1. The van der Waals surface area contributed by atoms with Crippen LogP contribution in [0.1, 0.15) is 39.0 Å². The summed E-state index contributed by atoms with van der Waals surface area (Å²) in [5, 5.41) is 3.70. The number of nitrogens with zero attached hydrogens (tertiary/aromatic N) is 1. The average Bonchev–Trinajstić information content (AvgIpc) is 3.08. The standard InChI is InChI=1S/C14H28N2S/c1-4-13(10-17-3)16(2)14-8-5-11(14)9-15-12-6-7-12/h11-15H,4-10H2,1-3H3. The highest BCUT2D eigenvalue weighted by molar-refractivity contribution is 7.98. The van der Waals surface area contributed by atoms with Gasteiger partial charge < -0.3 is 5.32 Å². The van der Waals surface area contributed by atoms with Crippen LogP contribution in [0, 0.1) is 5.92 Å². The van der Waals surface area contributed by atoms with Gasteiger partial charge in [0.05, 0.1) is 0 Å². The van der Waals surface area contributed by atoms with Crippen LogP contribution in [0.5, 0.6) is 0 Å². The Labute approximate surface area is 111 Å². The molecule has 0 saturated heterocycles. The van der Waals surface area contributed by atoms with Crippen molar-refractivity contribution >= 4 is 11.8 Å². The van der Waals surface area contributed by atoms with Gasteiger partial charge >= 0.3 is 0 Å². The van der Waals surface area contributed by atoms with Crippen LogP contribution in [0.4, 0.5) is 0 Å². The first-order valence-corrected chi connectivity index (χ1v) is 8.59. The van der Waals surface area contributed by atoms with E-state index < -0.39 is 0 Å². The summed E-state index contributed by atoms with van der Waals surface area (Å²) < 4.78 is 0. The van der Waals surface area contributed by atoms with Gasteiger partial charge in [-0.3, -0.25) is 4.90 Å². The Morgan fingerprint density at radius 2 is 2.06 bits per heavy atom. The molecule has 0 aromatic carbocycles. The summed E-state index contributed by atoms with van der Waals surface area (Å²) >= 11 is 1.99. The molecule has 2 aliphatic rings. The second-order valence-electron chi connectivity index (χ2n) is 5.77. The molecule has 3 heteroatoms. The Morgan fingerprint density at radius 1 is 1.29 bits per heavy atom. The Hall–Kier alpha value is 0.270. The number of hydrogen-bond donors (Lipinski definition) is 1. The van der Waals surface area contributed by atoms with Crippen molar-refractivity contribution in [2.75, 3.05) is 25.6 Å². The van der Waals surface area contributed by atoms with Crippen LogP contribution >= 0.6 is 11.8 Å². The minimum atomic E-state index is 0.777. The zero-order chi connectivity index (χ0) is 12.3. The van der Waals surface area contributed by atoms with Crippen LogP contribution < -0.4 is 5.32 Å². The molecule has 0 spiro atoms. The molecule has 2 aliphatic carbocycles. The predicted molar refractivity (Wildman–Crippen MR) is 77.8 cm³/mol. The van der Waals surface area contributed by atoms with Crippen LogP contribution in [0.15, 0.2) is 0 Å². The van der Waals surface area contributed by atoms with Gasteiger partial charge in [0.2, 0.25) is 0 Å². The van der Waals surface area contributed by atoms with Gasteiger partial charge in [0, 0.05) is 23.9 Å². The van der Waals surface area contributed by atoms with Crippen molar-refractivity contribution in [3.05, 3.63) is 0 Å². The van der Waals surface area contributed by atoms with Crippen molar-refractivity contribution in [2.24, 2.45) is 5.92 Å². The van der Waals surface area contributed by atoms with Crippen molar-refractivity contribution in [3.8, 4) is 0 Å². The summed E-state index contributed by atoms with van der Waals surface area (Å²) in [6.07, 6.45) is 9.19.